The van der Waals surface area contributed by atoms with Crippen molar-refractivity contribution in [2.24, 2.45) is 7.05 Å². The third-order valence-corrected chi connectivity index (χ3v) is 4.71. The Kier molecular flexibility index (Phi) is 5.46. The number of rotatable bonds is 3. The lowest BCUT2D eigenvalue weighted by Gasteiger charge is -2.35. The third-order valence-electron chi connectivity index (χ3n) is 3.50. The van der Waals surface area contributed by atoms with E-state index < -0.39 is 0 Å². The van der Waals surface area contributed by atoms with E-state index in [1.807, 2.05) is 18.5 Å². The van der Waals surface area contributed by atoms with E-state index in [0.29, 0.717) is 6.04 Å². The largest absolute Gasteiger partial charge is 0.337 e. The maximum atomic E-state index is 6.01. The summed E-state index contributed by atoms with van der Waals surface area (Å²) in [5, 5.41) is 3.45. The van der Waals surface area contributed by atoms with Crippen LogP contribution in [0, 0.1) is 0 Å². The van der Waals surface area contributed by atoms with Crippen LogP contribution >= 0.6 is 35.3 Å². The number of aromatic nitrogens is 2. The maximum absolute atomic E-state index is 6.01. The second-order valence-electron chi connectivity index (χ2n) is 4.79. The molecule has 0 spiro atoms. The second-order valence-corrected chi connectivity index (χ2v) is 6.59. The Morgan fingerprint density at radius 1 is 1.50 bits per heavy atom. The summed E-state index contributed by atoms with van der Waals surface area (Å²) in [7, 11) is 2.05. The molecule has 1 unspecified atom stereocenters. The van der Waals surface area contributed by atoms with Gasteiger partial charge >= 0.3 is 0 Å². The molecule has 0 amide bonds. The first-order valence-corrected chi connectivity index (χ1v) is 7.59. The highest BCUT2D eigenvalue weighted by Gasteiger charge is 2.26. The molecule has 2 aromatic rings. The van der Waals surface area contributed by atoms with Crippen LogP contribution in [0.15, 0.2) is 24.5 Å². The first-order chi connectivity index (χ1) is 9.24. The predicted molar refractivity (Wildman–Crippen MR) is 85.8 cm³/mol. The lowest BCUT2D eigenvalue weighted by Crippen LogP contribution is -2.46. The summed E-state index contributed by atoms with van der Waals surface area (Å²) < 4.78 is 2.96. The van der Waals surface area contributed by atoms with Gasteiger partial charge in [-0.2, -0.15) is 0 Å². The average Bonchev–Trinajstić information content (AvgIpc) is 2.99. The number of aryl methyl sites for hydroxylation is 1. The van der Waals surface area contributed by atoms with Crippen molar-refractivity contribution in [1.29, 1.82) is 0 Å². The van der Waals surface area contributed by atoms with E-state index in [4.69, 9.17) is 11.6 Å². The highest BCUT2D eigenvalue weighted by molar-refractivity contribution is 7.16. The van der Waals surface area contributed by atoms with Crippen molar-refractivity contribution in [2.75, 3.05) is 19.6 Å². The molecule has 1 saturated heterocycles. The highest BCUT2D eigenvalue weighted by Crippen LogP contribution is 2.27. The van der Waals surface area contributed by atoms with Gasteiger partial charge in [-0.25, -0.2) is 4.98 Å². The van der Waals surface area contributed by atoms with Gasteiger partial charge in [0, 0.05) is 50.5 Å². The summed E-state index contributed by atoms with van der Waals surface area (Å²) in [5.41, 5.74) is 0. The summed E-state index contributed by atoms with van der Waals surface area (Å²) in [5.74, 6) is 1.12. The molecule has 2 aromatic heterocycles. The van der Waals surface area contributed by atoms with E-state index in [-0.39, 0.29) is 12.4 Å². The molecular weight excluding hydrogens is 315 g/mol. The molecule has 1 fully saturated rings. The lowest BCUT2D eigenvalue weighted by molar-refractivity contribution is 0.146. The first-order valence-electron chi connectivity index (χ1n) is 6.40. The molecule has 0 saturated carbocycles. The number of imidazole rings is 1. The minimum Gasteiger partial charge on any atom is -0.337 e. The van der Waals surface area contributed by atoms with Crippen LogP contribution in [0.5, 0.6) is 0 Å². The van der Waals surface area contributed by atoms with Crippen molar-refractivity contribution in [1.82, 2.24) is 19.8 Å². The summed E-state index contributed by atoms with van der Waals surface area (Å²) in [4.78, 5) is 8.28. The molecule has 1 aliphatic rings. The van der Waals surface area contributed by atoms with Crippen LogP contribution in [0.2, 0.25) is 4.34 Å². The van der Waals surface area contributed by atoms with Crippen LogP contribution in [0.3, 0.4) is 0 Å². The Morgan fingerprint density at radius 3 is 3.00 bits per heavy atom. The fourth-order valence-electron chi connectivity index (χ4n) is 2.53. The molecule has 110 valence electrons. The topological polar surface area (TPSA) is 33.1 Å². The number of thiophene rings is 1. The van der Waals surface area contributed by atoms with Crippen LogP contribution in [0.1, 0.15) is 16.7 Å². The minimum absolute atomic E-state index is 0. The van der Waals surface area contributed by atoms with E-state index >= 15 is 0 Å². The van der Waals surface area contributed by atoms with Gasteiger partial charge in [0.1, 0.15) is 5.82 Å². The molecule has 0 bridgehead atoms. The average molecular weight is 333 g/mol. The predicted octanol–water partition coefficient (Wildman–Crippen LogP) is 2.70. The van der Waals surface area contributed by atoms with Crippen molar-refractivity contribution >= 4 is 35.3 Å². The van der Waals surface area contributed by atoms with E-state index in [9.17, 15) is 0 Å². The molecule has 1 aliphatic heterocycles. The fourth-order valence-corrected chi connectivity index (χ4v) is 3.64. The van der Waals surface area contributed by atoms with Crippen LogP contribution in [0.4, 0.5) is 0 Å². The number of hydrogen-bond donors (Lipinski definition) is 1. The fraction of sp³-hybridized carbons (Fsp3) is 0.462. The van der Waals surface area contributed by atoms with Gasteiger partial charge in [-0.3, -0.25) is 4.90 Å². The first kappa shape index (κ1) is 15.8. The molecule has 0 radical (unpaired) electrons. The number of nitrogens with one attached hydrogen (secondary N) is 1. The molecule has 20 heavy (non-hydrogen) atoms. The van der Waals surface area contributed by atoms with Gasteiger partial charge in [-0.1, -0.05) is 11.6 Å². The van der Waals surface area contributed by atoms with Crippen molar-refractivity contribution in [3.8, 4) is 0 Å². The molecule has 0 aliphatic carbocycles. The highest BCUT2D eigenvalue weighted by atomic mass is 35.5. The Labute approximate surface area is 134 Å². The van der Waals surface area contributed by atoms with Crippen molar-refractivity contribution < 1.29 is 0 Å². The zero-order valence-electron chi connectivity index (χ0n) is 11.3. The van der Waals surface area contributed by atoms with E-state index in [2.05, 4.69) is 32.9 Å². The van der Waals surface area contributed by atoms with Gasteiger partial charge in [0.15, 0.2) is 0 Å². The summed E-state index contributed by atoms with van der Waals surface area (Å²) >= 11 is 7.67. The summed E-state index contributed by atoms with van der Waals surface area (Å²) in [6, 6.07) is 4.42. The van der Waals surface area contributed by atoms with Gasteiger partial charge in [-0.05, 0) is 12.1 Å². The number of hydrogen-bond acceptors (Lipinski definition) is 4. The molecule has 1 atom stereocenters. The van der Waals surface area contributed by atoms with Gasteiger partial charge in [0.05, 0.1) is 10.4 Å². The zero-order valence-corrected chi connectivity index (χ0v) is 13.6. The number of piperazine rings is 1. The standard InChI is InChI=1S/C13H17ClN4S.ClH/c1-17-6-5-16-13(17)11-8-15-4-7-18(11)9-10-2-3-12(14)19-10;/h2-3,5-6,11,15H,4,7-9H2,1H3;1H. The Bertz CT molecular complexity index is 554. The van der Waals surface area contributed by atoms with E-state index in [0.717, 1.165) is 36.3 Å². The normalized spacial score (nSPS) is 19.8. The quantitative estimate of drug-likeness (QED) is 0.938. The molecule has 7 heteroatoms. The molecule has 0 aromatic carbocycles. The Hall–Kier alpha value is -0.590. The zero-order chi connectivity index (χ0) is 13.2. The van der Waals surface area contributed by atoms with Crippen LogP contribution in [-0.2, 0) is 13.6 Å². The van der Waals surface area contributed by atoms with Crippen molar-refractivity contribution in [3.05, 3.63) is 39.6 Å². The van der Waals surface area contributed by atoms with Crippen molar-refractivity contribution in [3.63, 3.8) is 0 Å². The van der Waals surface area contributed by atoms with Gasteiger partial charge in [0.2, 0.25) is 0 Å². The van der Waals surface area contributed by atoms with Gasteiger partial charge < -0.3 is 9.88 Å². The van der Waals surface area contributed by atoms with E-state index in [1.165, 1.54) is 4.88 Å². The Balaban J connectivity index is 0.00000147. The molecule has 1 N–H and O–H groups in total. The second kappa shape index (κ2) is 6.91. The lowest BCUT2D eigenvalue weighted by atomic mass is 10.1. The van der Waals surface area contributed by atoms with Crippen LogP contribution in [0.25, 0.3) is 0 Å². The van der Waals surface area contributed by atoms with Gasteiger partial charge in [0.25, 0.3) is 0 Å². The third kappa shape index (κ3) is 3.35. The molecule has 3 heterocycles. The maximum Gasteiger partial charge on any atom is 0.127 e. The Morgan fingerprint density at radius 2 is 2.35 bits per heavy atom. The van der Waals surface area contributed by atoms with E-state index in [1.54, 1.807) is 11.3 Å². The summed E-state index contributed by atoms with van der Waals surface area (Å²) in [6.45, 7) is 3.95. The SMILES string of the molecule is Cl.Cn1ccnc1C1CNCCN1Cc1ccc(Cl)s1. The smallest absolute Gasteiger partial charge is 0.127 e. The number of nitrogens with zero attached hydrogens (tertiary/aromatic N) is 3. The monoisotopic (exact) mass is 332 g/mol. The van der Waals surface area contributed by atoms with Crippen LogP contribution < -0.4 is 5.32 Å². The number of halogens is 2. The van der Waals surface area contributed by atoms with Crippen molar-refractivity contribution in [2.45, 2.75) is 12.6 Å². The minimum atomic E-state index is 0. The molecule has 3 rings (SSSR count). The van der Waals surface area contributed by atoms with Gasteiger partial charge in [-0.15, -0.1) is 23.7 Å². The summed E-state index contributed by atoms with van der Waals surface area (Å²) in [6.07, 6.45) is 3.87. The molecular formula is C13H18Cl2N4S. The molecule has 4 nitrogen and oxygen atoms in total. The van der Waals surface area contributed by atoms with Crippen LogP contribution in [-0.4, -0.2) is 34.1 Å².